The summed E-state index contributed by atoms with van der Waals surface area (Å²) in [5.41, 5.74) is 0. The van der Waals surface area contributed by atoms with Crippen molar-refractivity contribution in [2.75, 3.05) is 13.2 Å². The Morgan fingerprint density at radius 2 is 1.31 bits per heavy atom. The third-order valence-electron chi connectivity index (χ3n) is 1.45. The molecule has 5 heteroatoms. The molecule has 0 aliphatic heterocycles. The Morgan fingerprint density at radius 3 is 1.62 bits per heavy atom. The average molecular weight is 230 g/mol. The Bertz CT molecular complexity index is 182. The molecule has 0 rings (SSSR count). The van der Waals surface area contributed by atoms with E-state index in [-0.39, 0.29) is 13.2 Å². The van der Waals surface area contributed by atoms with Crippen molar-refractivity contribution in [3.63, 3.8) is 0 Å². The fourth-order valence-electron chi connectivity index (χ4n) is 0.645. The van der Waals surface area contributed by atoms with E-state index in [1.807, 2.05) is 13.8 Å². The third kappa shape index (κ3) is 8.38. The predicted molar refractivity (Wildman–Crippen MR) is 43.1 cm³/mol. The van der Waals surface area contributed by atoms with Crippen molar-refractivity contribution in [1.82, 2.24) is 0 Å². The predicted octanol–water partition coefficient (Wildman–Crippen LogP) is 2.29. The number of hydrogen-bond donors (Lipinski definition) is 0. The van der Waals surface area contributed by atoms with Gasteiger partial charge in [0.25, 0.3) is 0 Å². The summed E-state index contributed by atoms with van der Waals surface area (Å²) < 4.78 is 31.3. The van der Waals surface area contributed by atoms with E-state index in [1.165, 1.54) is 0 Å². The topological polar surface area (TPSA) is 52.6 Å². The molecule has 0 heterocycles. The Balaban J connectivity index is 3.55. The third-order valence-corrected chi connectivity index (χ3v) is 2.87. The molecule has 0 aliphatic carbocycles. The number of unbranched alkanes of at least 4 members (excludes halogenated alkanes) is 2. The quantitative estimate of drug-likeness (QED) is 0.600. The summed E-state index contributed by atoms with van der Waals surface area (Å²) in [5.74, 6) is 0. The van der Waals surface area contributed by atoms with Crippen LogP contribution in [0, 0.1) is 0 Å². The SMILES string of the molecule is CCCC[O][Cr](=[O])(=[O])[O]CCCC. The van der Waals surface area contributed by atoms with E-state index in [1.54, 1.807) is 0 Å². The summed E-state index contributed by atoms with van der Waals surface area (Å²) in [6.45, 7) is 4.44. The molecule has 0 bridgehead atoms. The van der Waals surface area contributed by atoms with Gasteiger partial charge in [-0.15, -0.1) is 0 Å². The maximum absolute atomic E-state index is 11.0. The summed E-state index contributed by atoms with van der Waals surface area (Å²) in [5, 5.41) is 0. The molecule has 0 fully saturated rings. The van der Waals surface area contributed by atoms with Gasteiger partial charge in [0.1, 0.15) is 0 Å². The molecule has 80 valence electrons. The van der Waals surface area contributed by atoms with E-state index < -0.39 is 13.6 Å². The summed E-state index contributed by atoms with van der Waals surface area (Å²) >= 11 is -4.45. The van der Waals surface area contributed by atoms with Gasteiger partial charge < -0.3 is 0 Å². The van der Waals surface area contributed by atoms with Gasteiger partial charge in [-0.1, -0.05) is 0 Å². The first-order valence-corrected chi connectivity index (χ1v) is 6.74. The van der Waals surface area contributed by atoms with Crippen molar-refractivity contribution in [1.29, 1.82) is 0 Å². The van der Waals surface area contributed by atoms with E-state index in [0.717, 1.165) is 25.7 Å². The average Bonchev–Trinajstić information content (AvgIpc) is 2.05. The molecule has 0 atom stereocenters. The van der Waals surface area contributed by atoms with Crippen molar-refractivity contribution in [2.24, 2.45) is 0 Å². The van der Waals surface area contributed by atoms with Gasteiger partial charge in [-0.2, -0.15) is 0 Å². The summed E-state index contributed by atoms with van der Waals surface area (Å²) in [4.78, 5) is 0. The van der Waals surface area contributed by atoms with Gasteiger partial charge in [-0.3, -0.25) is 0 Å². The second kappa shape index (κ2) is 7.46. The van der Waals surface area contributed by atoms with Crippen molar-refractivity contribution < 1.29 is 28.8 Å². The molecule has 0 aliphatic rings. The van der Waals surface area contributed by atoms with Crippen LogP contribution in [-0.4, -0.2) is 13.2 Å². The van der Waals surface area contributed by atoms with Crippen LogP contribution in [0.2, 0.25) is 0 Å². The maximum atomic E-state index is 11.0. The fourth-order valence-corrected chi connectivity index (χ4v) is 1.76. The molecule has 0 amide bonds. The van der Waals surface area contributed by atoms with Crippen LogP contribution in [0.25, 0.3) is 0 Å². The van der Waals surface area contributed by atoms with Gasteiger partial charge >= 0.3 is 81.5 Å². The van der Waals surface area contributed by atoms with Crippen molar-refractivity contribution in [3.05, 3.63) is 0 Å². The first-order valence-electron chi connectivity index (χ1n) is 4.66. The standard InChI is InChI=1S/2C4H9O.Cr.2O/c2*1-2-3-4-5;;;/h2*2-4H2,1H3;;;/q2*-1;+2;;. The number of hydrogen-bond acceptors (Lipinski definition) is 4. The van der Waals surface area contributed by atoms with Gasteiger partial charge in [-0.25, -0.2) is 0 Å². The molecular formula is C8H18CrO4. The summed E-state index contributed by atoms with van der Waals surface area (Å²) in [6, 6.07) is 0. The van der Waals surface area contributed by atoms with Crippen molar-refractivity contribution >= 4 is 0 Å². The van der Waals surface area contributed by atoms with Gasteiger partial charge in [0.05, 0.1) is 0 Å². The van der Waals surface area contributed by atoms with Crippen LogP contribution in [0.15, 0.2) is 0 Å². The molecule has 0 saturated heterocycles. The molecular weight excluding hydrogens is 212 g/mol. The minimum absolute atomic E-state index is 0.246. The molecule has 0 spiro atoms. The Labute approximate surface area is 82.0 Å². The van der Waals surface area contributed by atoms with E-state index >= 15 is 0 Å². The zero-order valence-corrected chi connectivity index (χ0v) is 9.56. The van der Waals surface area contributed by atoms with Gasteiger partial charge in [-0.05, 0) is 0 Å². The summed E-state index contributed by atoms with van der Waals surface area (Å²) in [6.07, 6.45) is 3.34. The second-order valence-corrected chi connectivity index (χ2v) is 4.77. The minimum atomic E-state index is -4.45. The Hall–Kier alpha value is 0.0525. The summed E-state index contributed by atoms with van der Waals surface area (Å²) in [7, 11) is 0. The molecule has 0 aromatic rings. The van der Waals surface area contributed by atoms with Crippen molar-refractivity contribution in [2.45, 2.75) is 39.5 Å². The second-order valence-electron chi connectivity index (χ2n) is 2.76. The van der Waals surface area contributed by atoms with Gasteiger partial charge in [0.2, 0.25) is 0 Å². The fraction of sp³-hybridized carbons (Fsp3) is 1.00. The normalized spacial score (nSPS) is 11.8. The monoisotopic (exact) mass is 230 g/mol. The van der Waals surface area contributed by atoms with Crippen LogP contribution in [-0.2, 0) is 28.8 Å². The van der Waals surface area contributed by atoms with E-state index in [2.05, 4.69) is 7.58 Å². The van der Waals surface area contributed by atoms with Crippen LogP contribution in [0.5, 0.6) is 0 Å². The molecule has 13 heavy (non-hydrogen) atoms. The van der Waals surface area contributed by atoms with E-state index in [9.17, 15) is 7.61 Å². The molecule has 0 aromatic heterocycles. The zero-order chi connectivity index (χ0) is 10.2. The van der Waals surface area contributed by atoms with Crippen LogP contribution in [0.4, 0.5) is 0 Å². The first kappa shape index (κ1) is 13.1. The molecule has 0 N–H and O–H groups in total. The molecule has 0 saturated carbocycles. The van der Waals surface area contributed by atoms with Crippen LogP contribution >= 0.6 is 0 Å². The number of rotatable bonds is 8. The molecule has 4 nitrogen and oxygen atoms in total. The molecule has 0 unspecified atom stereocenters. The molecule has 0 aromatic carbocycles. The molecule has 0 radical (unpaired) electrons. The van der Waals surface area contributed by atoms with E-state index in [4.69, 9.17) is 0 Å². The van der Waals surface area contributed by atoms with Crippen molar-refractivity contribution in [3.8, 4) is 0 Å². The van der Waals surface area contributed by atoms with Crippen LogP contribution in [0.3, 0.4) is 0 Å². The van der Waals surface area contributed by atoms with E-state index in [0.29, 0.717) is 0 Å². The zero-order valence-electron chi connectivity index (χ0n) is 8.28. The Morgan fingerprint density at radius 1 is 0.923 bits per heavy atom. The van der Waals surface area contributed by atoms with Gasteiger partial charge in [0.15, 0.2) is 0 Å². The Kier molecular flexibility index (Phi) is 7.49. The van der Waals surface area contributed by atoms with Crippen LogP contribution < -0.4 is 0 Å². The first-order chi connectivity index (χ1) is 6.12. The van der Waals surface area contributed by atoms with Crippen LogP contribution in [0.1, 0.15) is 39.5 Å². The van der Waals surface area contributed by atoms with Gasteiger partial charge in [0, 0.05) is 0 Å².